The summed E-state index contributed by atoms with van der Waals surface area (Å²) in [5.41, 5.74) is 0. The largest absolute Gasteiger partial charge is 0.337 e. The molecule has 23 heavy (non-hydrogen) atoms. The smallest absolute Gasteiger partial charge is 0.315 e. The minimum atomic E-state index is -0.673. The van der Waals surface area contributed by atoms with Gasteiger partial charge in [-0.15, -0.1) is 0 Å². The van der Waals surface area contributed by atoms with Gasteiger partial charge in [-0.05, 0) is 18.2 Å². The Labute approximate surface area is 133 Å². The molecule has 0 aliphatic carbocycles. The van der Waals surface area contributed by atoms with Crippen molar-refractivity contribution in [3.63, 3.8) is 0 Å². The molecule has 1 N–H and O–H groups in total. The van der Waals surface area contributed by atoms with Crippen molar-refractivity contribution in [1.82, 2.24) is 19.9 Å². The summed E-state index contributed by atoms with van der Waals surface area (Å²) in [7, 11) is 0. The molecule has 1 aliphatic heterocycles. The van der Waals surface area contributed by atoms with Crippen LogP contribution in [-0.4, -0.2) is 57.8 Å². The molecule has 0 unspecified atom stereocenters. The number of nitrogens with zero attached hydrogens (tertiary/aromatic N) is 5. The molecule has 2 amide bonds. The minimum absolute atomic E-state index is 0.363. The van der Waals surface area contributed by atoms with E-state index in [2.05, 4.69) is 20.3 Å². The highest BCUT2D eigenvalue weighted by Crippen LogP contribution is 2.10. The number of hydrogen-bond donors (Lipinski definition) is 1. The number of nitrogens with one attached hydrogen (secondary N) is 1. The first-order chi connectivity index (χ1) is 11.2. The summed E-state index contributed by atoms with van der Waals surface area (Å²) in [6.07, 6.45) is 4.92. The van der Waals surface area contributed by atoms with Gasteiger partial charge in [0.05, 0.1) is 0 Å². The van der Waals surface area contributed by atoms with Gasteiger partial charge in [0.1, 0.15) is 5.82 Å². The van der Waals surface area contributed by atoms with Gasteiger partial charge >= 0.3 is 11.8 Å². The quantitative estimate of drug-likeness (QED) is 0.794. The lowest BCUT2D eigenvalue weighted by Crippen LogP contribution is -2.52. The van der Waals surface area contributed by atoms with Gasteiger partial charge in [0.15, 0.2) is 0 Å². The third kappa shape index (κ3) is 3.60. The molecule has 0 radical (unpaired) electrons. The second-order valence-corrected chi connectivity index (χ2v) is 5.00. The zero-order valence-corrected chi connectivity index (χ0v) is 12.4. The van der Waals surface area contributed by atoms with Gasteiger partial charge in [0, 0.05) is 44.8 Å². The van der Waals surface area contributed by atoms with Crippen LogP contribution in [0.1, 0.15) is 0 Å². The van der Waals surface area contributed by atoms with Crippen molar-refractivity contribution in [3.8, 4) is 0 Å². The number of hydrogen-bond acceptors (Lipinski definition) is 6. The zero-order valence-electron chi connectivity index (χ0n) is 12.4. The number of piperazine rings is 1. The van der Waals surface area contributed by atoms with E-state index in [4.69, 9.17) is 0 Å². The van der Waals surface area contributed by atoms with Crippen LogP contribution < -0.4 is 10.2 Å². The Balaban J connectivity index is 1.55. The Morgan fingerprint density at radius 3 is 2.26 bits per heavy atom. The first-order valence-corrected chi connectivity index (χ1v) is 7.27. The summed E-state index contributed by atoms with van der Waals surface area (Å²) in [5, 5.41) is 2.50. The van der Waals surface area contributed by atoms with E-state index in [1.54, 1.807) is 42.9 Å². The lowest BCUT2D eigenvalue weighted by atomic mass is 10.3. The van der Waals surface area contributed by atoms with Gasteiger partial charge < -0.3 is 15.1 Å². The SMILES string of the molecule is O=C(Nc1ccccn1)C(=O)N1CCN(c2ncccn2)CC1. The number of carbonyl (C=O) groups excluding carboxylic acids is 2. The number of aromatic nitrogens is 3. The van der Waals surface area contributed by atoms with E-state index in [0.717, 1.165) is 0 Å². The summed E-state index contributed by atoms with van der Waals surface area (Å²) < 4.78 is 0. The van der Waals surface area contributed by atoms with Gasteiger partial charge in [-0.3, -0.25) is 9.59 Å². The van der Waals surface area contributed by atoms with E-state index in [-0.39, 0.29) is 0 Å². The van der Waals surface area contributed by atoms with Crippen LogP contribution in [0.3, 0.4) is 0 Å². The number of anilines is 2. The predicted molar refractivity (Wildman–Crippen MR) is 83.7 cm³/mol. The van der Waals surface area contributed by atoms with Gasteiger partial charge in [-0.25, -0.2) is 15.0 Å². The molecule has 0 bridgehead atoms. The average molecular weight is 312 g/mol. The Hall–Kier alpha value is -3.03. The molecule has 0 atom stereocenters. The Morgan fingerprint density at radius 2 is 1.61 bits per heavy atom. The van der Waals surface area contributed by atoms with Crippen LogP contribution in [0.2, 0.25) is 0 Å². The zero-order chi connectivity index (χ0) is 16.1. The molecule has 8 nitrogen and oxygen atoms in total. The van der Waals surface area contributed by atoms with E-state index in [9.17, 15) is 9.59 Å². The third-order valence-corrected chi connectivity index (χ3v) is 3.50. The molecular weight excluding hydrogens is 296 g/mol. The van der Waals surface area contributed by atoms with Crippen molar-refractivity contribution in [2.45, 2.75) is 0 Å². The van der Waals surface area contributed by atoms with Crippen LogP contribution in [-0.2, 0) is 9.59 Å². The molecule has 2 aromatic rings. The second-order valence-electron chi connectivity index (χ2n) is 5.00. The monoisotopic (exact) mass is 312 g/mol. The molecule has 3 rings (SSSR count). The number of carbonyl (C=O) groups is 2. The van der Waals surface area contributed by atoms with E-state index in [1.807, 2.05) is 4.90 Å². The van der Waals surface area contributed by atoms with Gasteiger partial charge in [0.2, 0.25) is 5.95 Å². The Bertz CT molecular complexity index is 671. The van der Waals surface area contributed by atoms with E-state index >= 15 is 0 Å². The topological polar surface area (TPSA) is 91.3 Å². The molecule has 0 saturated carbocycles. The summed E-state index contributed by atoms with van der Waals surface area (Å²) in [4.78, 5) is 40.0. The lowest BCUT2D eigenvalue weighted by Gasteiger charge is -2.34. The Morgan fingerprint density at radius 1 is 0.913 bits per heavy atom. The van der Waals surface area contributed by atoms with E-state index < -0.39 is 11.8 Å². The van der Waals surface area contributed by atoms with Crippen molar-refractivity contribution in [2.24, 2.45) is 0 Å². The average Bonchev–Trinajstić information content (AvgIpc) is 2.63. The van der Waals surface area contributed by atoms with Crippen LogP contribution in [0.4, 0.5) is 11.8 Å². The molecule has 8 heteroatoms. The summed E-state index contributed by atoms with van der Waals surface area (Å²) in [6.45, 7) is 2.08. The van der Waals surface area contributed by atoms with Crippen molar-refractivity contribution in [1.29, 1.82) is 0 Å². The highest BCUT2D eigenvalue weighted by atomic mass is 16.2. The standard InChI is InChI=1S/C15H16N6O2/c22-13(19-12-4-1-2-5-16-12)14(23)20-8-10-21(11-9-20)15-17-6-3-7-18-15/h1-7H,8-11H2,(H,16,19,22). The van der Waals surface area contributed by atoms with Crippen LogP contribution in [0.25, 0.3) is 0 Å². The molecule has 1 saturated heterocycles. The van der Waals surface area contributed by atoms with Gasteiger partial charge in [0.25, 0.3) is 0 Å². The minimum Gasteiger partial charge on any atom is -0.337 e. The summed E-state index contributed by atoms with van der Waals surface area (Å²) in [6, 6.07) is 6.87. The third-order valence-electron chi connectivity index (χ3n) is 3.50. The van der Waals surface area contributed by atoms with Crippen LogP contribution in [0, 0.1) is 0 Å². The van der Waals surface area contributed by atoms with Gasteiger partial charge in [-0.2, -0.15) is 0 Å². The summed E-state index contributed by atoms with van der Waals surface area (Å²) >= 11 is 0. The Kier molecular flexibility index (Phi) is 4.41. The van der Waals surface area contributed by atoms with Crippen molar-refractivity contribution >= 4 is 23.6 Å². The fourth-order valence-corrected chi connectivity index (χ4v) is 2.31. The van der Waals surface area contributed by atoms with Crippen molar-refractivity contribution in [3.05, 3.63) is 42.9 Å². The molecule has 0 aromatic carbocycles. The van der Waals surface area contributed by atoms with E-state index in [1.165, 1.54) is 4.90 Å². The normalized spacial score (nSPS) is 14.4. The maximum atomic E-state index is 12.2. The maximum absolute atomic E-state index is 12.2. The number of amides is 2. The highest BCUT2D eigenvalue weighted by Gasteiger charge is 2.27. The molecule has 2 aromatic heterocycles. The number of rotatable bonds is 2. The van der Waals surface area contributed by atoms with Crippen molar-refractivity contribution < 1.29 is 9.59 Å². The van der Waals surface area contributed by atoms with Crippen LogP contribution in [0.15, 0.2) is 42.9 Å². The molecule has 1 aliphatic rings. The van der Waals surface area contributed by atoms with Crippen LogP contribution in [0.5, 0.6) is 0 Å². The fraction of sp³-hybridized carbons (Fsp3) is 0.267. The molecule has 3 heterocycles. The first-order valence-electron chi connectivity index (χ1n) is 7.27. The number of pyridine rings is 1. The van der Waals surface area contributed by atoms with Crippen molar-refractivity contribution in [2.75, 3.05) is 36.4 Å². The fourth-order valence-electron chi connectivity index (χ4n) is 2.31. The molecule has 118 valence electrons. The molecule has 0 spiro atoms. The lowest BCUT2D eigenvalue weighted by molar-refractivity contribution is -0.143. The van der Waals surface area contributed by atoms with E-state index in [0.29, 0.717) is 37.9 Å². The van der Waals surface area contributed by atoms with Crippen LogP contribution >= 0.6 is 0 Å². The molecule has 1 fully saturated rings. The highest BCUT2D eigenvalue weighted by molar-refractivity contribution is 6.39. The predicted octanol–water partition coefficient (Wildman–Crippen LogP) is 0.159. The maximum Gasteiger partial charge on any atom is 0.315 e. The summed E-state index contributed by atoms with van der Waals surface area (Å²) in [5.74, 6) is -0.225. The van der Waals surface area contributed by atoms with Gasteiger partial charge in [-0.1, -0.05) is 6.07 Å². The first kappa shape index (κ1) is 14.9. The second kappa shape index (κ2) is 6.82. The molecular formula is C15H16N6O2.